The summed E-state index contributed by atoms with van der Waals surface area (Å²) < 4.78 is 10.4. The van der Waals surface area contributed by atoms with Crippen molar-refractivity contribution in [1.82, 2.24) is 5.32 Å². The molecular weight excluding hydrogens is 178 g/mol. The van der Waals surface area contributed by atoms with Crippen molar-refractivity contribution in [3.05, 3.63) is 24.2 Å². The Morgan fingerprint density at radius 1 is 1.57 bits per heavy atom. The minimum Gasteiger partial charge on any atom is -0.468 e. The first-order valence-corrected chi connectivity index (χ1v) is 5.06. The lowest BCUT2D eigenvalue weighted by Crippen LogP contribution is -2.34. The van der Waals surface area contributed by atoms with Crippen LogP contribution in [0, 0.1) is 0 Å². The number of hydrogen-bond acceptors (Lipinski definition) is 3. The largest absolute Gasteiger partial charge is 0.468 e. The predicted octanol–water partition coefficient (Wildman–Crippen LogP) is 2.36. The van der Waals surface area contributed by atoms with E-state index in [1.54, 1.807) is 13.4 Å². The first kappa shape index (κ1) is 11.3. The Morgan fingerprint density at radius 2 is 2.36 bits per heavy atom. The van der Waals surface area contributed by atoms with Crippen molar-refractivity contribution in [2.75, 3.05) is 13.7 Å². The maximum Gasteiger partial charge on any atom is 0.120 e. The van der Waals surface area contributed by atoms with Crippen LogP contribution in [0.5, 0.6) is 0 Å². The molecule has 1 rings (SSSR count). The molecule has 3 heteroatoms. The molecule has 0 radical (unpaired) electrons. The maximum atomic E-state index is 5.32. The summed E-state index contributed by atoms with van der Waals surface area (Å²) in [5.41, 5.74) is 0. The Morgan fingerprint density at radius 3 is 2.86 bits per heavy atom. The number of nitrogens with one attached hydrogen (secondary N) is 1. The number of furan rings is 1. The highest BCUT2D eigenvalue weighted by molar-refractivity contribution is 5.03. The minimum atomic E-state index is 0.241. The average Bonchev–Trinajstić information content (AvgIpc) is 2.69. The quantitative estimate of drug-likeness (QED) is 0.760. The van der Waals surface area contributed by atoms with Gasteiger partial charge in [-0.3, -0.25) is 0 Å². The Labute approximate surface area is 85.4 Å². The molecule has 1 aromatic heterocycles. The molecule has 3 nitrogen and oxygen atoms in total. The van der Waals surface area contributed by atoms with Crippen molar-refractivity contribution in [2.24, 2.45) is 0 Å². The molecule has 0 aliphatic heterocycles. The van der Waals surface area contributed by atoms with Crippen LogP contribution >= 0.6 is 0 Å². The van der Waals surface area contributed by atoms with Crippen LogP contribution in [0.2, 0.25) is 0 Å². The van der Waals surface area contributed by atoms with Crippen LogP contribution in [0.4, 0.5) is 0 Å². The van der Waals surface area contributed by atoms with Crippen LogP contribution in [0.25, 0.3) is 0 Å². The Bertz CT molecular complexity index is 233. The fourth-order valence-corrected chi connectivity index (χ4v) is 1.46. The normalized spacial score (nSPS) is 15.4. The first-order valence-electron chi connectivity index (χ1n) is 5.06. The van der Waals surface area contributed by atoms with E-state index in [2.05, 4.69) is 19.2 Å². The monoisotopic (exact) mass is 197 g/mol. The van der Waals surface area contributed by atoms with Gasteiger partial charge in [-0.1, -0.05) is 6.92 Å². The van der Waals surface area contributed by atoms with Gasteiger partial charge in [-0.2, -0.15) is 0 Å². The zero-order valence-electron chi connectivity index (χ0n) is 9.12. The van der Waals surface area contributed by atoms with Gasteiger partial charge < -0.3 is 14.5 Å². The first-order chi connectivity index (χ1) is 6.77. The highest BCUT2D eigenvalue weighted by Crippen LogP contribution is 2.13. The van der Waals surface area contributed by atoms with Crippen LogP contribution in [0.1, 0.15) is 32.1 Å². The fourth-order valence-electron chi connectivity index (χ4n) is 1.46. The number of methoxy groups -OCH3 is 1. The molecule has 80 valence electrons. The third-order valence-electron chi connectivity index (χ3n) is 2.32. The van der Waals surface area contributed by atoms with E-state index in [1.165, 1.54) is 0 Å². The molecule has 0 amide bonds. The second kappa shape index (κ2) is 5.83. The lowest BCUT2D eigenvalue weighted by Gasteiger charge is -2.20. The molecule has 0 aliphatic carbocycles. The van der Waals surface area contributed by atoms with Gasteiger partial charge in [0.05, 0.1) is 18.9 Å². The van der Waals surface area contributed by atoms with Gasteiger partial charge in [-0.15, -0.1) is 0 Å². The van der Waals surface area contributed by atoms with E-state index in [4.69, 9.17) is 9.15 Å². The highest BCUT2D eigenvalue weighted by Gasteiger charge is 2.12. The molecule has 0 fully saturated rings. The van der Waals surface area contributed by atoms with E-state index in [0.29, 0.717) is 6.04 Å². The van der Waals surface area contributed by atoms with Gasteiger partial charge >= 0.3 is 0 Å². The fraction of sp³-hybridized carbons (Fsp3) is 0.636. The molecule has 0 bridgehead atoms. The standard InChI is InChI=1S/C11H19NO2/c1-4-10(8-13-3)12-9(2)11-6-5-7-14-11/h5-7,9-10,12H,4,8H2,1-3H3/t9-,10?/m1/s1. The zero-order chi connectivity index (χ0) is 10.4. The molecule has 0 saturated heterocycles. The summed E-state index contributed by atoms with van der Waals surface area (Å²) in [5, 5.41) is 3.45. The molecular formula is C11H19NO2. The summed E-state index contributed by atoms with van der Waals surface area (Å²) in [6.07, 6.45) is 2.75. The second-order valence-corrected chi connectivity index (χ2v) is 3.46. The van der Waals surface area contributed by atoms with Gasteiger partial charge in [0.1, 0.15) is 5.76 Å². The molecule has 0 spiro atoms. The van der Waals surface area contributed by atoms with Crippen LogP contribution in [-0.2, 0) is 4.74 Å². The summed E-state index contributed by atoms with van der Waals surface area (Å²) in [4.78, 5) is 0. The second-order valence-electron chi connectivity index (χ2n) is 3.46. The van der Waals surface area contributed by atoms with Crippen molar-refractivity contribution in [1.29, 1.82) is 0 Å². The smallest absolute Gasteiger partial charge is 0.120 e. The van der Waals surface area contributed by atoms with Crippen LogP contribution in [-0.4, -0.2) is 19.8 Å². The van der Waals surface area contributed by atoms with E-state index >= 15 is 0 Å². The van der Waals surface area contributed by atoms with Gasteiger partial charge in [-0.25, -0.2) is 0 Å². The van der Waals surface area contributed by atoms with E-state index in [0.717, 1.165) is 18.8 Å². The predicted molar refractivity (Wildman–Crippen MR) is 56.2 cm³/mol. The maximum absolute atomic E-state index is 5.32. The van der Waals surface area contributed by atoms with Crippen molar-refractivity contribution in [3.8, 4) is 0 Å². The average molecular weight is 197 g/mol. The summed E-state index contributed by atoms with van der Waals surface area (Å²) in [7, 11) is 1.72. The van der Waals surface area contributed by atoms with E-state index in [-0.39, 0.29) is 6.04 Å². The molecule has 1 unspecified atom stereocenters. The van der Waals surface area contributed by atoms with Crippen LogP contribution < -0.4 is 5.32 Å². The molecule has 2 atom stereocenters. The number of hydrogen-bond donors (Lipinski definition) is 1. The Hall–Kier alpha value is -0.800. The SMILES string of the molecule is CCC(COC)N[C@H](C)c1ccco1. The molecule has 14 heavy (non-hydrogen) atoms. The Balaban J connectivity index is 2.42. The molecule has 0 aliphatic rings. The minimum absolute atomic E-state index is 0.241. The molecule has 1 aromatic rings. The third-order valence-corrected chi connectivity index (χ3v) is 2.32. The summed E-state index contributed by atoms with van der Waals surface area (Å²) in [6, 6.07) is 4.52. The third kappa shape index (κ3) is 3.16. The van der Waals surface area contributed by atoms with Gasteiger partial charge in [0.2, 0.25) is 0 Å². The van der Waals surface area contributed by atoms with E-state index in [1.807, 2.05) is 12.1 Å². The van der Waals surface area contributed by atoms with Crippen LogP contribution in [0.15, 0.2) is 22.8 Å². The van der Waals surface area contributed by atoms with E-state index < -0.39 is 0 Å². The highest BCUT2D eigenvalue weighted by atomic mass is 16.5. The molecule has 0 aromatic carbocycles. The Kier molecular flexibility index (Phi) is 4.70. The lowest BCUT2D eigenvalue weighted by molar-refractivity contribution is 0.157. The molecule has 1 heterocycles. The topological polar surface area (TPSA) is 34.4 Å². The van der Waals surface area contributed by atoms with E-state index in [9.17, 15) is 0 Å². The number of rotatable bonds is 6. The van der Waals surface area contributed by atoms with Crippen molar-refractivity contribution in [3.63, 3.8) is 0 Å². The van der Waals surface area contributed by atoms with Crippen molar-refractivity contribution >= 4 is 0 Å². The summed E-state index contributed by atoms with van der Waals surface area (Å²) >= 11 is 0. The van der Waals surface area contributed by atoms with Crippen LogP contribution in [0.3, 0.4) is 0 Å². The van der Waals surface area contributed by atoms with Gasteiger partial charge in [0.15, 0.2) is 0 Å². The lowest BCUT2D eigenvalue weighted by atomic mass is 10.2. The van der Waals surface area contributed by atoms with Gasteiger partial charge in [-0.05, 0) is 25.5 Å². The number of ether oxygens (including phenoxy) is 1. The van der Waals surface area contributed by atoms with Gasteiger partial charge in [0, 0.05) is 13.2 Å². The van der Waals surface area contributed by atoms with Crippen molar-refractivity contribution in [2.45, 2.75) is 32.4 Å². The zero-order valence-corrected chi connectivity index (χ0v) is 9.12. The molecule has 0 saturated carbocycles. The van der Waals surface area contributed by atoms with Crippen molar-refractivity contribution < 1.29 is 9.15 Å². The summed E-state index contributed by atoms with van der Waals surface area (Å²) in [5.74, 6) is 0.972. The summed E-state index contributed by atoms with van der Waals surface area (Å²) in [6.45, 7) is 4.98. The van der Waals surface area contributed by atoms with Gasteiger partial charge in [0.25, 0.3) is 0 Å². The molecule has 1 N–H and O–H groups in total.